The van der Waals surface area contributed by atoms with Gasteiger partial charge in [-0.2, -0.15) is 0 Å². The van der Waals surface area contributed by atoms with Gasteiger partial charge in [0.1, 0.15) is 0 Å². The summed E-state index contributed by atoms with van der Waals surface area (Å²) in [4.78, 5) is 16.0. The Morgan fingerprint density at radius 1 is 1.57 bits per heavy atom. The van der Waals surface area contributed by atoms with E-state index in [1.165, 1.54) is 0 Å². The fourth-order valence-electron chi connectivity index (χ4n) is 1.02. The fourth-order valence-corrected chi connectivity index (χ4v) is 1.02. The van der Waals surface area contributed by atoms with E-state index in [2.05, 4.69) is 4.98 Å². The molecule has 1 N–H and O–H groups in total. The number of carboxylic acid groups (broad SMARTS) is 1. The van der Waals surface area contributed by atoms with Crippen LogP contribution in [0, 0.1) is 0 Å². The first-order chi connectivity index (χ1) is 6.70. The summed E-state index contributed by atoms with van der Waals surface area (Å²) in [7, 11) is 1.89. The SMILES string of the molecule is CN(C/C=C/C(=O)O)c1ccncc1. The smallest absolute Gasteiger partial charge is 0.328 e. The number of hydrogen-bond acceptors (Lipinski definition) is 3. The van der Waals surface area contributed by atoms with Gasteiger partial charge < -0.3 is 10.0 Å². The largest absolute Gasteiger partial charge is 0.478 e. The molecule has 0 amide bonds. The first-order valence-electron chi connectivity index (χ1n) is 4.21. The molecule has 1 aromatic heterocycles. The summed E-state index contributed by atoms with van der Waals surface area (Å²) in [6, 6.07) is 3.74. The van der Waals surface area contributed by atoms with Gasteiger partial charge >= 0.3 is 5.97 Å². The van der Waals surface area contributed by atoms with Gasteiger partial charge in [0.25, 0.3) is 0 Å². The Labute approximate surface area is 82.5 Å². The summed E-state index contributed by atoms with van der Waals surface area (Å²) >= 11 is 0. The lowest BCUT2D eigenvalue weighted by atomic mass is 10.3. The number of nitrogens with zero attached hydrogens (tertiary/aromatic N) is 2. The number of likely N-dealkylation sites (N-methyl/N-ethyl adjacent to an activating group) is 1. The number of aromatic nitrogens is 1. The Hall–Kier alpha value is -1.84. The molecule has 0 aliphatic carbocycles. The number of carbonyl (C=O) groups is 1. The Morgan fingerprint density at radius 3 is 2.79 bits per heavy atom. The van der Waals surface area contributed by atoms with Crippen molar-refractivity contribution in [2.24, 2.45) is 0 Å². The molecule has 0 spiro atoms. The van der Waals surface area contributed by atoms with Crippen molar-refractivity contribution in [3.8, 4) is 0 Å². The zero-order chi connectivity index (χ0) is 10.4. The third kappa shape index (κ3) is 3.26. The van der Waals surface area contributed by atoms with Crippen molar-refractivity contribution in [2.75, 3.05) is 18.5 Å². The van der Waals surface area contributed by atoms with Crippen LogP contribution in [-0.2, 0) is 4.79 Å². The van der Waals surface area contributed by atoms with Crippen LogP contribution in [0.1, 0.15) is 0 Å². The molecule has 0 aromatic carbocycles. The van der Waals surface area contributed by atoms with Gasteiger partial charge in [0.2, 0.25) is 0 Å². The van der Waals surface area contributed by atoms with Gasteiger partial charge in [-0.3, -0.25) is 4.98 Å². The van der Waals surface area contributed by atoms with Crippen LogP contribution in [0.4, 0.5) is 5.69 Å². The highest BCUT2D eigenvalue weighted by molar-refractivity contribution is 5.79. The van der Waals surface area contributed by atoms with Gasteiger partial charge in [-0.15, -0.1) is 0 Å². The van der Waals surface area contributed by atoms with E-state index >= 15 is 0 Å². The summed E-state index contributed by atoms with van der Waals surface area (Å²) in [5.74, 6) is -0.923. The van der Waals surface area contributed by atoms with Gasteiger partial charge in [0, 0.05) is 37.7 Å². The van der Waals surface area contributed by atoms with Gasteiger partial charge in [-0.1, -0.05) is 6.08 Å². The molecule has 1 heterocycles. The van der Waals surface area contributed by atoms with E-state index in [-0.39, 0.29) is 0 Å². The minimum atomic E-state index is -0.923. The van der Waals surface area contributed by atoms with Crippen molar-refractivity contribution in [3.05, 3.63) is 36.7 Å². The maximum Gasteiger partial charge on any atom is 0.328 e. The molecule has 0 aliphatic heterocycles. The molecule has 4 nitrogen and oxygen atoms in total. The topological polar surface area (TPSA) is 53.4 Å². The van der Waals surface area contributed by atoms with E-state index in [0.717, 1.165) is 11.8 Å². The molecule has 4 heteroatoms. The van der Waals surface area contributed by atoms with Crippen LogP contribution >= 0.6 is 0 Å². The Balaban J connectivity index is 2.51. The zero-order valence-corrected chi connectivity index (χ0v) is 7.92. The summed E-state index contributed by atoms with van der Waals surface area (Å²) in [6.45, 7) is 0.566. The molecule has 0 atom stereocenters. The van der Waals surface area contributed by atoms with E-state index in [1.807, 2.05) is 24.1 Å². The fraction of sp³-hybridized carbons (Fsp3) is 0.200. The van der Waals surface area contributed by atoms with Crippen LogP contribution in [0.5, 0.6) is 0 Å². The lowest BCUT2D eigenvalue weighted by Gasteiger charge is -2.16. The van der Waals surface area contributed by atoms with Crippen molar-refractivity contribution in [2.45, 2.75) is 0 Å². The van der Waals surface area contributed by atoms with Gasteiger partial charge in [-0.05, 0) is 12.1 Å². The maximum absolute atomic E-state index is 10.2. The van der Waals surface area contributed by atoms with Crippen molar-refractivity contribution in [1.29, 1.82) is 0 Å². The van der Waals surface area contributed by atoms with E-state index in [0.29, 0.717) is 6.54 Å². The maximum atomic E-state index is 10.2. The van der Waals surface area contributed by atoms with Crippen molar-refractivity contribution in [3.63, 3.8) is 0 Å². The molecule has 0 radical (unpaired) electrons. The molecule has 0 saturated carbocycles. The molecule has 1 rings (SSSR count). The van der Waals surface area contributed by atoms with Crippen LogP contribution in [0.3, 0.4) is 0 Å². The third-order valence-electron chi connectivity index (χ3n) is 1.74. The molecule has 0 unspecified atom stereocenters. The molecule has 1 aromatic rings. The standard InChI is InChI=1S/C10H12N2O2/c1-12(8-2-3-10(13)14)9-4-6-11-7-5-9/h2-7H,8H2,1H3,(H,13,14)/b3-2+. The van der Waals surface area contributed by atoms with Crippen LogP contribution in [0.15, 0.2) is 36.7 Å². The number of carboxylic acids is 1. The first-order valence-corrected chi connectivity index (χ1v) is 4.21. The summed E-state index contributed by atoms with van der Waals surface area (Å²) in [5, 5.41) is 8.38. The summed E-state index contributed by atoms with van der Waals surface area (Å²) < 4.78 is 0. The summed E-state index contributed by atoms with van der Waals surface area (Å²) in [5.41, 5.74) is 1.01. The Morgan fingerprint density at radius 2 is 2.21 bits per heavy atom. The van der Waals surface area contributed by atoms with Crippen LogP contribution in [0.2, 0.25) is 0 Å². The van der Waals surface area contributed by atoms with Crippen molar-refractivity contribution in [1.82, 2.24) is 4.98 Å². The molecule has 14 heavy (non-hydrogen) atoms. The zero-order valence-electron chi connectivity index (χ0n) is 7.92. The predicted molar refractivity (Wildman–Crippen MR) is 54.3 cm³/mol. The quantitative estimate of drug-likeness (QED) is 0.727. The van der Waals surface area contributed by atoms with Crippen LogP contribution in [0.25, 0.3) is 0 Å². The molecule has 0 fully saturated rings. The molecular weight excluding hydrogens is 180 g/mol. The second kappa shape index (κ2) is 5.01. The Bertz CT molecular complexity index is 322. The number of aliphatic carboxylic acids is 1. The third-order valence-corrected chi connectivity index (χ3v) is 1.74. The molecule has 74 valence electrons. The van der Waals surface area contributed by atoms with Crippen LogP contribution < -0.4 is 4.90 Å². The van der Waals surface area contributed by atoms with Gasteiger partial charge in [0.05, 0.1) is 0 Å². The summed E-state index contributed by atoms with van der Waals surface area (Å²) in [6.07, 6.45) is 6.14. The first kappa shape index (κ1) is 10.2. The normalized spacial score (nSPS) is 10.4. The van der Waals surface area contributed by atoms with E-state index in [9.17, 15) is 4.79 Å². The minimum absolute atomic E-state index is 0.566. The highest BCUT2D eigenvalue weighted by Gasteiger charge is 1.96. The second-order valence-corrected chi connectivity index (χ2v) is 2.83. The molecule has 0 aliphatic rings. The average Bonchev–Trinajstić information content (AvgIpc) is 2.18. The van der Waals surface area contributed by atoms with E-state index in [4.69, 9.17) is 5.11 Å². The lowest BCUT2D eigenvalue weighted by molar-refractivity contribution is -0.131. The monoisotopic (exact) mass is 192 g/mol. The van der Waals surface area contributed by atoms with Crippen molar-refractivity contribution < 1.29 is 9.90 Å². The van der Waals surface area contributed by atoms with Crippen LogP contribution in [-0.4, -0.2) is 29.7 Å². The average molecular weight is 192 g/mol. The molecular formula is C10H12N2O2. The van der Waals surface area contributed by atoms with Gasteiger partial charge in [-0.25, -0.2) is 4.79 Å². The minimum Gasteiger partial charge on any atom is -0.478 e. The van der Waals surface area contributed by atoms with Gasteiger partial charge in [0.15, 0.2) is 0 Å². The van der Waals surface area contributed by atoms with E-state index < -0.39 is 5.97 Å². The predicted octanol–water partition coefficient (Wildman–Crippen LogP) is 1.16. The lowest BCUT2D eigenvalue weighted by Crippen LogP contribution is -2.16. The van der Waals surface area contributed by atoms with Crippen molar-refractivity contribution >= 4 is 11.7 Å². The highest BCUT2D eigenvalue weighted by atomic mass is 16.4. The number of rotatable bonds is 4. The van der Waals surface area contributed by atoms with E-state index in [1.54, 1.807) is 18.5 Å². The molecule has 0 saturated heterocycles. The highest BCUT2D eigenvalue weighted by Crippen LogP contribution is 2.08. The Kier molecular flexibility index (Phi) is 3.67. The number of pyridine rings is 1. The second-order valence-electron chi connectivity index (χ2n) is 2.83. The number of hydrogen-bond donors (Lipinski definition) is 1. The number of anilines is 1. The molecule has 0 bridgehead atoms.